The van der Waals surface area contributed by atoms with Gasteiger partial charge in [0.15, 0.2) is 11.6 Å². The highest BCUT2D eigenvalue weighted by Crippen LogP contribution is 2.18. The van der Waals surface area contributed by atoms with Crippen molar-refractivity contribution in [3.63, 3.8) is 0 Å². The number of aromatic carboxylic acids is 1. The van der Waals surface area contributed by atoms with Crippen LogP contribution < -0.4 is 4.74 Å². The van der Waals surface area contributed by atoms with Gasteiger partial charge in [-0.25, -0.2) is 14.2 Å². The number of aromatic nitrogens is 2. The quantitative estimate of drug-likeness (QED) is 0.913. The van der Waals surface area contributed by atoms with Crippen LogP contribution in [0.3, 0.4) is 0 Å². The van der Waals surface area contributed by atoms with Gasteiger partial charge in [-0.3, -0.25) is 0 Å². The lowest BCUT2D eigenvalue weighted by atomic mass is 10.3. The molecule has 0 fully saturated rings. The topological polar surface area (TPSA) is 64.4 Å². The Bertz CT molecular complexity index is 623. The van der Waals surface area contributed by atoms with E-state index in [9.17, 15) is 9.18 Å². The van der Waals surface area contributed by atoms with Crippen molar-refractivity contribution in [2.75, 3.05) is 0 Å². The van der Waals surface area contributed by atoms with Gasteiger partial charge in [0.2, 0.25) is 5.82 Å². The number of hydrogen-bond acceptors (Lipinski definition) is 3. The van der Waals surface area contributed by atoms with Crippen LogP contribution in [0.1, 0.15) is 36.2 Å². The molecule has 0 aliphatic carbocycles. The molecule has 0 unspecified atom stereocenters. The van der Waals surface area contributed by atoms with E-state index in [1.807, 2.05) is 13.8 Å². The van der Waals surface area contributed by atoms with E-state index in [1.54, 1.807) is 22.9 Å². The lowest BCUT2D eigenvalue weighted by Gasteiger charge is -2.07. The minimum Gasteiger partial charge on any atom is -0.484 e. The van der Waals surface area contributed by atoms with E-state index in [4.69, 9.17) is 9.84 Å². The smallest absolute Gasteiger partial charge is 0.372 e. The van der Waals surface area contributed by atoms with Crippen LogP contribution in [0, 0.1) is 5.82 Å². The van der Waals surface area contributed by atoms with Gasteiger partial charge < -0.3 is 14.4 Å². The molecule has 0 bridgehead atoms. The van der Waals surface area contributed by atoms with Crippen molar-refractivity contribution in [2.45, 2.75) is 26.5 Å². The van der Waals surface area contributed by atoms with Gasteiger partial charge in [0.05, 0.1) is 5.69 Å². The predicted molar refractivity (Wildman–Crippen MR) is 70.3 cm³/mol. The fraction of sp³-hybridized carbons (Fsp3) is 0.286. The SMILES string of the molecule is CC(C)n1cc(COc2ccccc2F)nc1C(=O)O. The van der Waals surface area contributed by atoms with E-state index in [2.05, 4.69) is 4.98 Å². The molecular formula is C14H15FN2O3. The zero-order chi connectivity index (χ0) is 14.7. The zero-order valence-corrected chi connectivity index (χ0v) is 11.2. The molecular weight excluding hydrogens is 263 g/mol. The number of hydrogen-bond donors (Lipinski definition) is 1. The molecule has 1 aromatic carbocycles. The first kappa shape index (κ1) is 14.0. The molecule has 1 heterocycles. The maximum Gasteiger partial charge on any atom is 0.372 e. The number of halogens is 1. The van der Waals surface area contributed by atoms with Crippen molar-refractivity contribution in [3.8, 4) is 5.75 Å². The second-order valence-corrected chi connectivity index (χ2v) is 4.58. The van der Waals surface area contributed by atoms with Crippen LogP contribution >= 0.6 is 0 Å². The molecule has 20 heavy (non-hydrogen) atoms. The predicted octanol–water partition coefficient (Wildman–Crippen LogP) is 2.88. The number of nitrogens with zero attached hydrogens (tertiary/aromatic N) is 2. The molecule has 2 aromatic rings. The highest BCUT2D eigenvalue weighted by molar-refractivity contribution is 5.83. The average Bonchev–Trinajstić information content (AvgIpc) is 2.82. The molecule has 1 aromatic heterocycles. The Kier molecular flexibility index (Phi) is 4.02. The van der Waals surface area contributed by atoms with Gasteiger partial charge in [0.25, 0.3) is 0 Å². The maximum absolute atomic E-state index is 13.4. The lowest BCUT2D eigenvalue weighted by Crippen LogP contribution is -2.10. The summed E-state index contributed by atoms with van der Waals surface area (Å²) in [6, 6.07) is 6.00. The van der Waals surface area contributed by atoms with E-state index in [0.717, 1.165) is 0 Å². The number of carboxylic acid groups (broad SMARTS) is 1. The fourth-order valence-electron chi connectivity index (χ4n) is 1.78. The number of benzene rings is 1. The normalized spacial score (nSPS) is 10.8. The summed E-state index contributed by atoms with van der Waals surface area (Å²) in [5.41, 5.74) is 0.444. The maximum atomic E-state index is 13.4. The molecule has 0 saturated carbocycles. The summed E-state index contributed by atoms with van der Waals surface area (Å²) in [6.45, 7) is 3.73. The first-order chi connectivity index (χ1) is 9.49. The highest BCUT2D eigenvalue weighted by atomic mass is 19.1. The Morgan fingerprint density at radius 1 is 1.45 bits per heavy atom. The van der Waals surface area contributed by atoms with Crippen LogP contribution in [-0.2, 0) is 6.61 Å². The lowest BCUT2D eigenvalue weighted by molar-refractivity contribution is 0.0676. The van der Waals surface area contributed by atoms with E-state index >= 15 is 0 Å². The molecule has 2 rings (SSSR count). The van der Waals surface area contributed by atoms with E-state index in [0.29, 0.717) is 5.69 Å². The van der Waals surface area contributed by atoms with Crippen molar-refractivity contribution < 1.29 is 19.0 Å². The van der Waals surface area contributed by atoms with Gasteiger partial charge in [0, 0.05) is 12.2 Å². The van der Waals surface area contributed by atoms with Crippen molar-refractivity contribution in [1.29, 1.82) is 0 Å². The van der Waals surface area contributed by atoms with Gasteiger partial charge >= 0.3 is 5.97 Å². The average molecular weight is 278 g/mol. The Morgan fingerprint density at radius 3 is 2.70 bits per heavy atom. The standard InChI is InChI=1S/C14H15FN2O3/c1-9(2)17-7-10(16-13(17)14(18)19)8-20-12-6-4-3-5-11(12)15/h3-7,9H,8H2,1-2H3,(H,18,19). The minimum atomic E-state index is -1.10. The molecule has 0 saturated heterocycles. The van der Waals surface area contributed by atoms with Gasteiger partial charge in [-0.05, 0) is 26.0 Å². The molecule has 0 amide bonds. The first-order valence-corrected chi connectivity index (χ1v) is 6.17. The Balaban J connectivity index is 2.16. The summed E-state index contributed by atoms with van der Waals surface area (Å²) in [5.74, 6) is -1.50. The van der Waals surface area contributed by atoms with E-state index < -0.39 is 11.8 Å². The monoisotopic (exact) mass is 278 g/mol. The number of carbonyl (C=O) groups is 1. The molecule has 0 radical (unpaired) electrons. The summed E-state index contributed by atoms with van der Waals surface area (Å²) in [4.78, 5) is 15.1. The van der Waals surface area contributed by atoms with Crippen LogP contribution in [0.25, 0.3) is 0 Å². The minimum absolute atomic E-state index is 0.0148. The van der Waals surface area contributed by atoms with Gasteiger partial charge in [-0.1, -0.05) is 12.1 Å². The van der Waals surface area contributed by atoms with E-state index in [1.165, 1.54) is 12.1 Å². The summed E-state index contributed by atoms with van der Waals surface area (Å²) < 4.78 is 20.2. The summed E-state index contributed by atoms with van der Waals surface area (Å²) >= 11 is 0. The summed E-state index contributed by atoms with van der Waals surface area (Å²) in [6.07, 6.45) is 1.61. The molecule has 0 atom stereocenters. The molecule has 1 N–H and O–H groups in total. The van der Waals surface area contributed by atoms with Crippen LogP contribution in [0.2, 0.25) is 0 Å². The summed E-state index contributed by atoms with van der Waals surface area (Å²) in [7, 11) is 0. The Labute approximate surface area is 115 Å². The molecule has 0 aliphatic rings. The molecule has 5 nitrogen and oxygen atoms in total. The van der Waals surface area contributed by atoms with Crippen LogP contribution in [0.15, 0.2) is 30.5 Å². The largest absolute Gasteiger partial charge is 0.484 e. The number of carboxylic acids is 1. The van der Waals surface area contributed by atoms with Crippen LogP contribution in [0.4, 0.5) is 4.39 Å². The first-order valence-electron chi connectivity index (χ1n) is 6.17. The fourth-order valence-corrected chi connectivity index (χ4v) is 1.78. The van der Waals surface area contributed by atoms with Crippen molar-refractivity contribution in [1.82, 2.24) is 9.55 Å². The molecule has 106 valence electrons. The van der Waals surface area contributed by atoms with Gasteiger partial charge in [0.1, 0.15) is 6.61 Å². The number of imidazole rings is 1. The van der Waals surface area contributed by atoms with Crippen molar-refractivity contribution in [3.05, 3.63) is 47.8 Å². The van der Waals surface area contributed by atoms with Gasteiger partial charge in [-0.15, -0.1) is 0 Å². The summed E-state index contributed by atoms with van der Waals surface area (Å²) in [5, 5.41) is 9.07. The Hall–Kier alpha value is -2.37. The number of rotatable bonds is 5. The third kappa shape index (κ3) is 2.96. The van der Waals surface area contributed by atoms with E-state index in [-0.39, 0.29) is 24.2 Å². The number of para-hydroxylation sites is 1. The highest BCUT2D eigenvalue weighted by Gasteiger charge is 2.17. The van der Waals surface area contributed by atoms with Crippen LogP contribution in [-0.4, -0.2) is 20.6 Å². The van der Waals surface area contributed by atoms with Gasteiger partial charge in [-0.2, -0.15) is 0 Å². The number of ether oxygens (including phenoxy) is 1. The second-order valence-electron chi connectivity index (χ2n) is 4.58. The zero-order valence-electron chi connectivity index (χ0n) is 11.2. The third-order valence-electron chi connectivity index (χ3n) is 2.74. The Morgan fingerprint density at radius 2 is 2.15 bits per heavy atom. The van der Waals surface area contributed by atoms with Crippen LogP contribution in [0.5, 0.6) is 5.75 Å². The second kappa shape index (κ2) is 5.73. The molecule has 0 spiro atoms. The molecule has 6 heteroatoms. The third-order valence-corrected chi connectivity index (χ3v) is 2.74. The van der Waals surface area contributed by atoms with Crippen molar-refractivity contribution >= 4 is 5.97 Å². The molecule has 0 aliphatic heterocycles. The van der Waals surface area contributed by atoms with Crippen molar-refractivity contribution in [2.24, 2.45) is 0 Å².